The van der Waals surface area contributed by atoms with E-state index in [1.807, 2.05) is 0 Å². The van der Waals surface area contributed by atoms with Gasteiger partial charge in [-0.05, 0) is 6.92 Å². The largest absolute Gasteiger partial charge is 0.487 e. The topological polar surface area (TPSA) is 75.3 Å². The summed E-state index contributed by atoms with van der Waals surface area (Å²) in [5, 5.41) is 0. The van der Waals surface area contributed by atoms with Crippen molar-refractivity contribution >= 4 is 23.4 Å². The van der Waals surface area contributed by atoms with E-state index in [9.17, 15) is 4.79 Å². The van der Waals surface area contributed by atoms with E-state index in [0.717, 1.165) is 0 Å². The van der Waals surface area contributed by atoms with E-state index in [0.29, 0.717) is 43.6 Å². The number of hydrogen-bond donors (Lipinski definition) is 1. The molecule has 0 aliphatic carbocycles. The molecule has 23 heavy (non-hydrogen) atoms. The van der Waals surface area contributed by atoms with Crippen LogP contribution in [-0.2, 0) is 14.2 Å². The first kappa shape index (κ1) is 19.3. The third-order valence-electron chi connectivity index (χ3n) is 2.77. The molecule has 0 bridgehead atoms. The Bertz CT molecular complexity index is 497. The Morgan fingerprint density at radius 2 is 1.61 bits per heavy atom. The number of halogens is 1. The number of carbonyl (C=O) groups excluding carboxylic acids is 1. The molecule has 0 fully saturated rings. The molecule has 0 heterocycles. The van der Waals surface area contributed by atoms with Crippen molar-refractivity contribution < 1.29 is 28.5 Å². The molecule has 0 radical (unpaired) electrons. The first-order chi connectivity index (χ1) is 11.2. The lowest BCUT2D eigenvalue weighted by Gasteiger charge is -2.16. The van der Waals surface area contributed by atoms with Crippen molar-refractivity contribution in [1.82, 2.24) is 0 Å². The van der Waals surface area contributed by atoms with Gasteiger partial charge in [-0.25, -0.2) is 4.79 Å². The van der Waals surface area contributed by atoms with Crippen LogP contribution < -0.4 is 14.3 Å². The van der Waals surface area contributed by atoms with Gasteiger partial charge < -0.3 is 23.7 Å². The molecule has 0 unspecified atom stereocenters. The molecule has 130 valence electrons. The van der Waals surface area contributed by atoms with Gasteiger partial charge in [-0.3, -0.25) is 4.84 Å². The van der Waals surface area contributed by atoms with Crippen molar-refractivity contribution in [2.45, 2.75) is 6.92 Å². The minimum Gasteiger partial charge on any atom is -0.487 e. The van der Waals surface area contributed by atoms with Gasteiger partial charge in [0.2, 0.25) is 0 Å². The van der Waals surface area contributed by atoms with Gasteiger partial charge in [-0.15, -0.1) is 0 Å². The molecule has 1 aromatic rings. The lowest BCUT2D eigenvalue weighted by atomic mass is 10.1. The fourth-order valence-corrected chi connectivity index (χ4v) is 1.87. The summed E-state index contributed by atoms with van der Waals surface area (Å²) >= 11 is 5.69. The molecular formula is C15H22ClNO6. The Balaban J connectivity index is 3.07. The second-order valence-electron chi connectivity index (χ2n) is 4.34. The third kappa shape index (κ3) is 6.13. The Morgan fingerprint density at radius 1 is 1.04 bits per heavy atom. The molecule has 1 rings (SSSR count). The number of nitrogens with one attached hydrogen (secondary N) is 1. The number of anilines is 1. The van der Waals surface area contributed by atoms with E-state index in [1.54, 1.807) is 27.2 Å². The maximum atomic E-state index is 12.0. The smallest absolute Gasteiger partial charge is 0.340 e. The van der Waals surface area contributed by atoms with Gasteiger partial charge in [-0.2, -0.15) is 0 Å². The fraction of sp³-hybridized carbons (Fsp3) is 0.533. The molecular weight excluding hydrogens is 326 g/mol. The van der Waals surface area contributed by atoms with Gasteiger partial charge in [0.1, 0.15) is 13.2 Å². The Labute approximate surface area is 140 Å². The third-order valence-corrected chi connectivity index (χ3v) is 2.97. The highest BCUT2D eigenvalue weighted by Gasteiger charge is 2.18. The van der Waals surface area contributed by atoms with Crippen LogP contribution in [-0.4, -0.2) is 53.2 Å². The minimum atomic E-state index is -0.504. The van der Waals surface area contributed by atoms with Crippen LogP contribution in [0, 0.1) is 0 Å². The Morgan fingerprint density at radius 3 is 2.09 bits per heavy atom. The predicted molar refractivity (Wildman–Crippen MR) is 86.6 cm³/mol. The van der Waals surface area contributed by atoms with Gasteiger partial charge in [0.05, 0.1) is 31.1 Å². The second kappa shape index (κ2) is 10.9. The van der Waals surface area contributed by atoms with Crippen molar-refractivity contribution in [2.75, 3.05) is 52.1 Å². The number of hydrogen-bond acceptors (Lipinski definition) is 7. The van der Waals surface area contributed by atoms with Crippen LogP contribution in [0.3, 0.4) is 0 Å². The summed E-state index contributed by atoms with van der Waals surface area (Å²) in [5.74, 6) is 0.335. The maximum Gasteiger partial charge on any atom is 0.340 e. The van der Waals surface area contributed by atoms with Crippen LogP contribution in [0.4, 0.5) is 5.69 Å². The van der Waals surface area contributed by atoms with E-state index in [4.69, 9.17) is 35.5 Å². The molecule has 0 amide bonds. The highest BCUT2D eigenvalue weighted by atomic mass is 35.5. The highest BCUT2D eigenvalue weighted by Crippen LogP contribution is 2.34. The Kier molecular flexibility index (Phi) is 9.20. The van der Waals surface area contributed by atoms with Crippen LogP contribution in [0.15, 0.2) is 12.1 Å². The van der Waals surface area contributed by atoms with E-state index in [2.05, 4.69) is 4.84 Å². The van der Waals surface area contributed by atoms with Crippen LogP contribution in [0.25, 0.3) is 0 Å². The first-order valence-corrected chi connectivity index (χ1v) is 7.51. The van der Waals surface area contributed by atoms with Crippen LogP contribution in [0.2, 0.25) is 0 Å². The van der Waals surface area contributed by atoms with Gasteiger partial charge in [0.15, 0.2) is 11.5 Å². The van der Waals surface area contributed by atoms with Crippen LogP contribution >= 0.6 is 11.8 Å². The quantitative estimate of drug-likeness (QED) is 0.374. The number of rotatable bonds is 11. The van der Waals surface area contributed by atoms with Crippen LogP contribution in [0.1, 0.15) is 17.3 Å². The number of methoxy groups -OCH3 is 2. The standard InChI is InChI=1S/C15H22ClNO6/c1-4-21-15(18)11-9-13(22-7-5-19-2)14(10-12(11)17-16)23-8-6-20-3/h9-10,17H,4-8H2,1-3H3. The molecule has 1 N–H and O–H groups in total. The molecule has 0 atom stereocenters. The average Bonchev–Trinajstić information content (AvgIpc) is 2.56. The molecule has 0 aliphatic rings. The van der Waals surface area contributed by atoms with Crippen LogP contribution in [0.5, 0.6) is 11.5 Å². The number of esters is 1. The molecule has 0 saturated carbocycles. The summed E-state index contributed by atoms with van der Waals surface area (Å²) < 4.78 is 26.1. The van der Waals surface area contributed by atoms with Crippen molar-refractivity contribution in [3.8, 4) is 11.5 Å². The van der Waals surface area contributed by atoms with E-state index < -0.39 is 5.97 Å². The number of ether oxygens (including phenoxy) is 5. The zero-order valence-electron chi connectivity index (χ0n) is 13.5. The van der Waals surface area contributed by atoms with E-state index in [-0.39, 0.29) is 12.2 Å². The highest BCUT2D eigenvalue weighted by molar-refractivity contribution is 6.25. The van der Waals surface area contributed by atoms with E-state index >= 15 is 0 Å². The predicted octanol–water partition coefficient (Wildman–Crippen LogP) is 2.48. The normalized spacial score (nSPS) is 10.3. The molecule has 7 nitrogen and oxygen atoms in total. The lowest BCUT2D eigenvalue weighted by molar-refractivity contribution is 0.0527. The van der Waals surface area contributed by atoms with Gasteiger partial charge in [0, 0.05) is 38.1 Å². The Hall–Kier alpha value is -1.70. The summed E-state index contributed by atoms with van der Waals surface area (Å²) in [6.45, 7) is 3.45. The zero-order valence-corrected chi connectivity index (χ0v) is 14.3. The molecule has 0 aromatic heterocycles. The molecule has 0 spiro atoms. The van der Waals surface area contributed by atoms with Gasteiger partial charge in [0.25, 0.3) is 0 Å². The first-order valence-electron chi connectivity index (χ1n) is 7.13. The monoisotopic (exact) mass is 347 g/mol. The van der Waals surface area contributed by atoms with Gasteiger partial charge >= 0.3 is 5.97 Å². The number of benzene rings is 1. The van der Waals surface area contributed by atoms with E-state index in [1.165, 1.54) is 6.07 Å². The maximum absolute atomic E-state index is 12.0. The molecule has 0 aliphatic heterocycles. The van der Waals surface area contributed by atoms with Crippen molar-refractivity contribution in [3.63, 3.8) is 0 Å². The average molecular weight is 348 g/mol. The van der Waals surface area contributed by atoms with Gasteiger partial charge in [-0.1, -0.05) is 0 Å². The summed E-state index contributed by atoms with van der Waals surface area (Å²) in [7, 11) is 3.15. The fourth-order valence-electron chi connectivity index (χ4n) is 1.71. The summed E-state index contributed by atoms with van der Waals surface area (Å²) in [5.41, 5.74) is 0.630. The summed E-state index contributed by atoms with van der Waals surface area (Å²) in [6.07, 6.45) is 0. The zero-order chi connectivity index (χ0) is 17.1. The van der Waals surface area contributed by atoms with Crippen molar-refractivity contribution in [2.24, 2.45) is 0 Å². The summed E-state index contributed by atoms with van der Waals surface area (Å²) in [6, 6.07) is 3.11. The molecule has 0 saturated heterocycles. The molecule has 8 heteroatoms. The minimum absolute atomic E-state index is 0.256. The lowest BCUT2D eigenvalue weighted by Crippen LogP contribution is -2.12. The van der Waals surface area contributed by atoms with Crippen molar-refractivity contribution in [3.05, 3.63) is 17.7 Å². The molecule has 1 aromatic carbocycles. The number of carbonyl (C=O) groups is 1. The second-order valence-corrected chi connectivity index (χ2v) is 4.53. The van der Waals surface area contributed by atoms with Crippen molar-refractivity contribution in [1.29, 1.82) is 0 Å². The SMILES string of the molecule is CCOC(=O)c1cc(OCCOC)c(OCCOC)cc1NCl. The summed E-state index contributed by atoms with van der Waals surface area (Å²) in [4.78, 5) is 14.5.